The van der Waals surface area contributed by atoms with E-state index in [0.717, 1.165) is 22.6 Å². The molecule has 5 rings (SSSR count). The number of hydrogen-bond donors (Lipinski definition) is 1. The van der Waals surface area contributed by atoms with E-state index in [0.29, 0.717) is 49.0 Å². The van der Waals surface area contributed by atoms with Gasteiger partial charge in [-0.1, -0.05) is 30.3 Å². The first kappa shape index (κ1) is 26.8. The fourth-order valence-corrected chi connectivity index (χ4v) is 4.85. The molecule has 1 saturated heterocycles. The largest absolute Gasteiger partial charge is 0.497 e. The molecule has 0 saturated carbocycles. The van der Waals surface area contributed by atoms with Gasteiger partial charge in [0.05, 0.1) is 25.5 Å². The number of oxazole rings is 1. The molecule has 1 aliphatic rings. The van der Waals surface area contributed by atoms with E-state index in [2.05, 4.69) is 4.98 Å². The van der Waals surface area contributed by atoms with Crippen LogP contribution in [0.3, 0.4) is 0 Å². The van der Waals surface area contributed by atoms with Crippen LogP contribution in [0.15, 0.2) is 83.3 Å². The van der Waals surface area contributed by atoms with E-state index in [1.54, 1.807) is 31.4 Å². The Morgan fingerprint density at radius 2 is 1.62 bits per heavy atom. The van der Waals surface area contributed by atoms with Gasteiger partial charge in [0.1, 0.15) is 29.1 Å². The topological polar surface area (TPSA) is 111 Å². The minimum atomic E-state index is -1.06. The number of amides is 1. The van der Waals surface area contributed by atoms with E-state index in [-0.39, 0.29) is 0 Å². The average Bonchev–Trinajstić information content (AvgIpc) is 3.59. The van der Waals surface area contributed by atoms with E-state index in [9.17, 15) is 14.7 Å². The summed E-state index contributed by atoms with van der Waals surface area (Å²) < 4.78 is 22.4. The Labute approximate surface area is 231 Å². The monoisotopic (exact) mass is 542 g/mol. The maximum Gasteiger partial charge on any atom is 0.416 e. The molecule has 0 radical (unpaired) electrons. The zero-order valence-electron chi connectivity index (χ0n) is 22.3. The van der Waals surface area contributed by atoms with Crippen molar-refractivity contribution in [1.82, 2.24) is 9.88 Å². The summed E-state index contributed by atoms with van der Waals surface area (Å²) in [5.41, 5.74) is 2.57. The van der Waals surface area contributed by atoms with Gasteiger partial charge < -0.3 is 23.7 Å². The number of aryl methyl sites for hydroxylation is 1. The fourth-order valence-electron chi connectivity index (χ4n) is 4.85. The summed E-state index contributed by atoms with van der Waals surface area (Å²) in [7, 11) is 1.54. The highest BCUT2D eigenvalue weighted by Gasteiger charge is 2.43. The first-order valence-corrected chi connectivity index (χ1v) is 13.0. The molecule has 0 aliphatic carbocycles. The Bertz CT molecular complexity index is 1450. The second kappa shape index (κ2) is 11.9. The summed E-state index contributed by atoms with van der Waals surface area (Å²) in [6, 6.07) is 22.2. The maximum absolute atomic E-state index is 13.1. The quantitative estimate of drug-likeness (QED) is 0.271. The zero-order chi connectivity index (χ0) is 28.1. The number of nitrogens with zero attached hydrogens (tertiary/aromatic N) is 2. The van der Waals surface area contributed by atoms with Crippen molar-refractivity contribution in [1.29, 1.82) is 0 Å². The molecule has 1 aliphatic heterocycles. The molecule has 40 heavy (non-hydrogen) atoms. The van der Waals surface area contributed by atoms with Gasteiger partial charge in [0.15, 0.2) is 0 Å². The van der Waals surface area contributed by atoms with Gasteiger partial charge in [-0.15, -0.1) is 0 Å². The summed E-state index contributed by atoms with van der Waals surface area (Å²) in [6.07, 6.45) is 0.707. The van der Waals surface area contributed by atoms with Crippen LogP contribution in [0.1, 0.15) is 35.9 Å². The van der Waals surface area contributed by atoms with Crippen LogP contribution in [-0.2, 0) is 11.2 Å². The predicted octanol–water partition coefficient (Wildman–Crippen LogP) is 6.07. The molecule has 0 bridgehead atoms. The van der Waals surface area contributed by atoms with Crippen molar-refractivity contribution < 1.29 is 33.3 Å². The SMILES string of the molecule is COc1ccc(OC(=O)N2[C@@H](C(=O)O)CC[C@@H]2c2ccc(OCCc3nc(-c4ccccc4)oc3C)cc2)cc1. The molecule has 9 nitrogen and oxygen atoms in total. The highest BCUT2D eigenvalue weighted by molar-refractivity contribution is 5.82. The third-order valence-electron chi connectivity index (χ3n) is 6.93. The van der Waals surface area contributed by atoms with E-state index in [1.807, 2.05) is 61.5 Å². The van der Waals surface area contributed by atoms with Crippen molar-refractivity contribution in [2.75, 3.05) is 13.7 Å². The molecule has 1 fully saturated rings. The van der Waals surface area contributed by atoms with E-state index < -0.39 is 24.1 Å². The van der Waals surface area contributed by atoms with Crippen LogP contribution in [0.4, 0.5) is 4.79 Å². The predicted molar refractivity (Wildman–Crippen MR) is 147 cm³/mol. The number of rotatable bonds is 9. The lowest BCUT2D eigenvalue weighted by molar-refractivity contribution is -0.141. The Hall–Kier alpha value is -4.79. The highest BCUT2D eigenvalue weighted by atomic mass is 16.6. The summed E-state index contributed by atoms with van der Waals surface area (Å²) in [5.74, 6) is 1.87. The normalized spacial score (nSPS) is 16.5. The van der Waals surface area contributed by atoms with Crippen molar-refractivity contribution in [3.8, 4) is 28.7 Å². The average molecular weight is 543 g/mol. The van der Waals surface area contributed by atoms with Gasteiger partial charge in [-0.2, -0.15) is 0 Å². The minimum Gasteiger partial charge on any atom is -0.497 e. The van der Waals surface area contributed by atoms with Crippen LogP contribution in [0.2, 0.25) is 0 Å². The number of ether oxygens (including phenoxy) is 3. The summed E-state index contributed by atoms with van der Waals surface area (Å²) in [6.45, 7) is 2.30. The molecule has 0 spiro atoms. The molecule has 2 atom stereocenters. The first-order valence-electron chi connectivity index (χ1n) is 13.0. The molecule has 2 heterocycles. The molecule has 9 heteroatoms. The van der Waals surface area contributed by atoms with Gasteiger partial charge in [-0.3, -0.25) is 4.90 Å². The third-order valence-corrected chi connectivity index (χ3v) is 6.93. The number of methoxy groups -OCH3 is 1. The Morgan fingerprint density at radius 3 is 2.30 bits per heavy atom. The summed E-state index contributed by atoms with van der Waals surface area (Å²) >= 11 is 0. The zero-order valence-corrected chi connectivity index (χ0v) is 22.3. The highest BCUT2D eigenvalue weighted by Crippen LogP contribution is 2.38. The van der Waals surface area contributed by atoms with E-state index in [4.69, 9.17) is 18.6 Å². The molecule has 0 unspecified atom stereocenters. The lowest BCUT2D eigenvalue weighted by atomic mass is 10.0. The smallest absolute Gasteiger partial charge is 0.416 e. The van der Waals surface area contributed by atoms with Gasteiger partial charge in [0, 0.05) is 12.0 Å². The number of aromatic nitrogens is 1. The van der Waals surface area contributed by atoms with Gasteiger partial charge in [-0.25, -0.2) is 14.6 Å². The molecule has 1 N–H and O–H groups in total. The Kier molecular flexibility index (Phi) is 8.00. The van der Waals surface area contributed by atoms with Gasteiger partial charge in [0.25, 0.3) is 0 Å². The van der Waals surface area contributed by atoms with Crippen LogP contribution in [0.25, 0.3) is 11.5 Å². The van der Waals surface area contributed by atoms with Crippen LogP contribution in [-0.4, -0.2) is 46.8 Å². The minimum absolute atomic E-state index is 0.308. The Morgan fingerprint density at radius 1 is 0.950 bits per heavy atom. The molecular formula is C31H30N2O7. The van der Waals surface area contributed by atoms with Crippen LogP contribution < -0.4 is 14.2 Å². The molecule has 1 amide bonds. The second-order valence-corrected chi connectivity index (χ2v) is 9.45. The van der Waals surface area contributed by atoms with Crippen molar-refractivity contribution in [2.24, 2.45) is 0 Å². The van der Waals surface area contributed by atoms with Crippen molar-refractivity contribution >= 4 is 12.1 Å². The van der Waals surface area contributed by atoms with Gasteiger partial charge in [-0.05, 0) is 73.9 Å². The number of hydrogen-bond acceptors (Lipinski definition) is 7. The summed E-state index contributed by atoms with van der Waals surface area (Å²) in [5, 5.41) is 9.75. The lowest BCUT2D eigenvalue weighted by Gasteiger charge is -2.27. The van der Waals surface area contributed by atoms with Crippen LogP contribution >= 0.6 is 0 Å². The molecular weight excluding hydrogens is 512 g/mol. The molecule has 3 aromatic carbocycles. The molecule has 1 aromatic heterocycles. The number of carboxylic acids is 1. The molecule has 4 aromatic rings. The van der Waals surface area contributed by atoms with E-state index in [1.165, 1.54) is 4.90 Å². The van der Waals surface area contributed by atoms with Gasteiger partial charge >= 0.3 is 12.1 Å². The van der Waals surface area contributed by atoms with Crippen LogP contribution in [0.5, 0.6) is 17.2 Å². The van der Waals surface area contributed by atoms with E-state index >= 15 is 0 Å². The second-order valence-electron chi connectivity index (χ2n) is 9.45. The maximum atomic E-state index is 13.1. The number of carbonyl (C=O) groups is 2. The standard InChI is InChI=1S/C31H30N2O7/c1-20-26(32-29(39-20)22-6-4-3-5-7-22)18-19-38-24-10-8-21(9-11-24)27-16-17-28(30(34)35)33(27)31(36)40-25-14-12-23(37-2)13-15-25/h3-15,27-28H,16-19H2,1-2H3,(H,34,35)/t27-,28-/m1/s1. The Balaban J connectivity index is 1.22. The number of carboxylic acid groups (broad SMARTS) is 1. The van der Waals surface area contributed by atoms with Crippen molar-refractivity contribution in [3.05, 3.63) is 95.9 Å². The third kappa shape index (κ3) is 5.93. The van der Waals surface area contributed by atoms with Crippen molar-refractivity contribution in [2.45, 2.75) is 38.3 Å². The number of aliphatic carboxylic acids is 1. The fraction of sp³-hybridized carbons (Fsp3) is 0.258. The number of carbonyl (C=O) groups excluding carboxylic acids is 1. The van der Waals surface area contributed by atoms with Gasteiger partial charge in [0.2, 0.25) is 5.89 Å². The lowest BCUT2D eigenvalue weighted by Crippen LogP contribution is -2.43. The van der Waals surface area contributed by atoms with Crippen LogP contribution in [0, 0.1) is 6.92 Å². The van der Waals surface area contributed by atoms with Crippen molar-refractivity contribution in [3.63, 3.8) is 0 Å². The molecule has 206 valence electrons. The number of benzene rings is 3. The first-order chi connectivity index (χ1) is 19.4. The summed E-state index contributed by atoms with van der Waals surface area (Å²) in [4.78, 5) is 30.9. The number of likely N-dealkylation sites (tertiary alicyclic amines) is 1.